The highest BCUT2D eigenvalue weighted by Crippen LogP contribution is 2.21. The molecule has 6 nitrogen and oxygen atoms in total. The summed E-state index contributed by atoms with van der Waals surface area (Å²) in [5.41, 5.74) is 7.07. The second kappa shape index (κ2) is 5.49. The van der Waals surface area contributed by atoms with Gasteiger partial charge in [-0.1, -0.05) is 6.07 Å². The molecular formula is C17H15N3O3. The Morgan fingerprint density at radius 2 is 1.87 bits per heavy atom. The molecule has 3 aromatic rings. The number of hydrogen-bond donors (Lipinski definition) is 3. The van der Waals surface area contributed by atoms with Crippen LogP contribution in [0.25, 0.3) is 10.9 Å². The van der Waals surface area contributed by atoms with Crippen LogP contribution in [0.5, 0.6) is 5.75 Å². The van der Waals surface area contributed by atoms with Gasteiger partial charge in [-0.25, -0.2) is 0 Å². The van der Waals surface area contributed by atoms with Gasteiger partial charge in [-0.2, -0.15) is 0 Å². The molecule has 0 saturated heterocycles. The minimum absolute atomic E-state index is 0.00553. The Balaban J connectivity index is 2.06. The molecule has 23 heavy (non-hydrogen) atoms. The molecule has 0 bridgehead atoms. The number of nitrogens with two attached hydrogens (primary N) is 1. The minimum atomic E-state index is -0.473. The molecule has 0 radical (unpaired) electrons. The average molecular weight is 309 g/mol. The van der Waals surface area contributed by atoms with Crippen molar-refractivity contribution in [2.75, 3.05) is 17.7 Å². The normalized spacial score (nSPS) is 10.7. The van der Waals surface area contributed by atoms with Crippen molar-refractivity contribution in [1.82, 2.24) is 4.98 Å². The van der Waals surface area contributed by atoms with Crippen LogP contribution in [-0.2, 0) is 0 Å². The number of phenols is 1. The zero-order valence-electron chi connectivity index (χ0n) is 12.4. The van der Waals surface area contributed by atoms with Gasteiger partial charge in [-0.3, -0.25) is 9.59 Å². The van der Waals surface area contributed by atoms with Crippen LogP contribution >= 0.6 is 0 Å². The molecule has 0 aliphatic heterocycles. The Labute approximate surface area is 131 Å². The van der Waals surface area contributed by atoms with Gasteiger partial charge >= 0.3 is 0 Å². The number of nitrogens with zero attached hydrogens (tertiary/aromatic N) is 1. The fourth-order valence-corrected chi connectivity index (χ4v) is 2.39. The number of carbonyl (C=O) groups excluding carboxylic acids is 1. The number of aromatic hydroxyl groups is 1. The second-order valence-corrected chi connectivity index (χ2v) is 5.20. The van der Waals surface area contributed by atoms with Gasteiger partial charge in [0.1, 0.15) is 11.3 Å². The lowest BCUT2D eigenvalue weighted by Crippen LogP contribution is -2.31. The zero-order chi connectivity index (χ0) is 16.6. The number of nitrogen functional groups attached to an aromatic ring is 1. The largest absolute Gasteiger partial charge is 0.508 e. The van der Waals surface area contributed by atoms with Crippen LogP contribution in [0, 0.1) is 0 Å². The van der Waals surface area contributed by atoms with Crippen LogP contribution in [0.15, 0.2) is 53.3 Å². The smallest absolute Gasteiger partial charge is 0.263 e. The van der Waals surface area contributed by atoms with Crippen molar-refractivity contribution in [2.24, 2.45) is 0 Å². The number of phenolic OH excluding ortho intramolecular Hbond substituents is 1. The van der Waals surface area contributed by atoms with Crippen molar-refractivity contribution in [3.63, 3.8) is 0 Å². The van der Waals surface area contributed by atoms with Crippen LogP contribution in [-0.4, -0.2) is 23.0 Å². The molecule has 2 aromatic carbocycles. The van der Waals surface area contributed by atoms with E-state index < -0.39 is 11.5 Å². The van der Waals surface area contributed by atoms with Gasteiger partial charge in [0.2, 0.25) is 0 Å². The van der Waals surface area contributed by atoms with Crippen molar-refractivity contribution in [3.8, 4) is 5.75 Å². The monoisotopic (exact) mass is 309 g/mol. The van der Waals surface area contributed by atoms with E-state index in [1.807, 2.05) is 0 Å². The van der Waals surface area contributed by atoms with E-state index >= 15 is 0 Å². The van der Waals surface area contributed by atoms with Crippen molar-refractivity contribution >= 4 is 28.2 Å². The van der Waals surface area contributed by atoms with Gasteiger partial charge in [0.15, 0.2) is 0 Å². The van der Waals surface area contributed by atoms with E-state index in [4.69, 9.17) is 5.73 Å². The quantitative estimate of drug-likeness (QED) is 0.631. The van der Waals surface area contributed by atoms with Gasteiger partial charge in [-0.05, 0) is 42.5 Å². The maximum Gasteiger partial charge on any atom is 0.263 e. The summed E-state index contributed by atoms with van der Waals surface area (Å²) in [5, 5.41) is 9.93. The summed E-state index contributed by atoms with van der Waals surface area (Å²) in [5.74, 6) is -0.354. The van der Waals surface area contributed by atoms with E-state index in [2.05, 4.69) is 4.98 Å². The maximum atomic E-state index is 12.6. The molecule has 0 spiro atoms. The van der Waals surface area contributed by atoms with Gasteiger partial charge in [0.25, 0.3) is 11.5 Å². The molecule has 0 atom stereocenters. The van der Waals surface area contributed by atoms with Crippen LogP contribution in [0.2, 0.25) is 0 Å². The van der Waals surface area contributed by atoms with Crippen molar-refractivity contribution in [3.05, 3.63) is 64.4 Å². The molecule has 0 fully saturated rings. The predicted octanol–water partition coefficient (Wildman–Crippen LogP) is 2.09. The van der Waals surface area contributed by atoms with E-state index in [-0.39, 0.29) is 11.3 Å². The zero-order valence-corrected chi connectivity index (χ0v) is 12.4. The summed E-state index contributed by atoms with van der Waals surface area (Å²) >= 11 is 0. The lowest BCUT2D eigenvalue weighted by atomic mass is 10.1. The van der Waals surface area contributed by atoms with Crippen molar-refractivity contribution in [1.29, 1.82) is 0 Å². The lowest BCUT2D eigenvalue weighted by molar-refractivity contribution is 0.0991. The molecule has 3 rings (SSSR count). The number of rotatable bonds is 2. The summed E-state index contributed by atoms with van der Waals surface area (Å²) in [7, 11) is 1.56. The van der Waals surface area contributed by atoms with Crippen molar-refractivity contribution in [2.45, 2.75) is 0 Å². The summed E-state index contributed by atoms with van der Waals surface area (Å²) in [4.78, 5) is 28.8. The number of carbonyl (C=O) groups is 1. The average Bonchev–Trinajstić information content (AvgIpc) is 2.54. The van der Waals surface area contributed by atoms with Crippen molar-refractivity contribution < 1.29 is 9.90 Å². The molecule has 0 aliphatic rings. The highest BCUT2D eigenvalue weighted by molar-refractivity contribution is 6.07. The van der Waals surface area contributed by atoms with Gasteiger partial charge in [0.05, 0.1) is 5.52 Å². The molecule has 1 heterocycles. The van der Waals surface area contributed by atoms with E-state index in [0.717, 1.165) is 0 Å². The Morgan fingerprint density at radius 3 is 2.57 bits per heavy atom. The van der Waals surface area contributed by atoms with Gasteiger partial charge < -0.3 is 20.7 Å². The number of pyridine rings is 1. The molecule has 0 unspecified atom stereocenters. The number of hydrogen-bond acceptors (Lipinski definition) is 4. The van der Waals surface area contributed by atoms with Crippen LogP contribution in [0.4, 0.5) is 11.4 Å². The standard InChI is InChI=1S/C17H15N3O3/c1-20(10-5-7-11(21)8-6-10)17(23)13-9-12-14(18)3-2-4-15(12)19-16(13)22/h2-9,21H,18H2,1H3,(H,19,22). The summed E-state index contributed by atoms with van der Waals surface area (Å²) in [6.45, 7) is 0. The first kappa shape index (κ1) is 14.6. The topological polar surface area (TPSA) is 99.4 Å². The first-order chi connectivity index (χ1) is 11.0. The molecule has 6 heteroatoms. The first-order valence-electron chi connectivity index (χ1n) is 6.96. The first-order valence-corrected chi connectivity index (χ1v) is 6.96. The van der Waals surface area contributed by atoms with E-state index in [1.54, 1.807) is 37.4 Å². The molecule has 116 valence electrons. The van der Waals surface area contributed by atoms with Gasteiger partial charge in [0, 0.05) is 23.8 Å². The second-order valence-electron chi connectivity index (χ2n) is 5.20. The van der Waals surface area contributed by atoms with E-state index in [1.165, 1.54) is 23.1 Å². The molecule has 4 N–H and O–H groups in total. The Hall–Kier alpha value is -3.28. The number of H-pyrrole nitrogens is 1. The summed E-state index contributed by atoms with van der Waals surface area (Å²) < 4.78 is 0. The number of aromatic amines is 1. The predicted molar refractivity (Wildman–Crippen MR) is 89.8 cm³/mol. The number of anilines is 2. The van der Waals surface area contributed by atoms with Crippen LogP contribution in [0.3, 0.4) is 0 Å². The Morgan fingerprint density at radius 1 is 1.17 bits per heavy atom. The minimum Gasteiger partial charge on any atom is -0.508 e. The highest BCUT2D eigenvalue weighted by atomic mass is 16.3. The number of benzene rings is 2. The SMILES string of the molecule is CN(C(=O)c1cc2c(N)cccc2[nH]c1=O)c1ccc(O)cc1. The molecule has 1 aromatic heterocycles. The number of aromatic nitrogens is 1. The highest BCUT2D eigenvalue weighted by Gasteiger charge is 2.18. The van der Waals surface area contributed by atoms with E-state index in [9.17, 15) is 14.7 Å². The fourth-order valence-electron chi connectivity index (χ4n) is 2.39. The molecular weight excluding hydrogens is 294 g/mol. The third kappa shape index (κ3) is 2.62. The maximum absolute atomic E-state index is 12.6. The Bertz CT molecular complexity index is 945. The Kier molecular flexibility index (Phi) is 3.50. The third-order valence-corrected chi connectivity index (χ3v) is 3.69. The van der Waals surface area contributed by atoms with Gasteiger partial charge in [-0.15, -0.1) is 0 Å². The third-order valence-electron chi connectivity index (χ3n) is 3.69. The number of amides is 1. The fraction of sp³-hybridized carbons (Fsp3) is 0.0588. The van der Waals surface area contributed by atoms with Crippen LogP contribution < -0.4 is 16.2 Å². The summed E-state index contributed by atoms with van der Waals surface area (Å²) in [6, 6.07) is 12.8. The molecule has 0 aliphatic carbocycles. The number of fused-ring (bicyclic) bond motifs is 1. The summed E-state index contributed by atoms with van der Waals surface area (Å²) in [6.07, 6.45) is 0. The van der Waals surface area contributed by atoms with E-state index in [0.29, 0.717) is 22.3 Å². The number of nitrogens with one attached hydrogen (secondary N) is 1. The van der Waals surface area contributed by atoms with Crippen LogP contribution in [0.1, 0.15) is 10.4 Å². The lowest BCUT2D eigenvalue weighted by Gasteiger charge is -2.17. The molecule has 0 saturated carbocycles. The molecule has 1 amide bonds.